The second-order valence-electron chi connectivity index (χ2n) is 4.57. The SMILES string of the molecule is CCc1ccccc1N1CCCN(C)C(=O)C1. The number of likely N-dealkylation sites (N-methyl/N-ethyl adjacent to an activating group) is 1. The fourth-order valence-electron chi connectivity index (χ4n) is 2.31. The van der Waals surface area contributed by atoms with E-state index in [2.05, 4.69) is 30.0 Å². The molecule has 3 heteroatoms. The Labute approximate surface area is 103 Å². The maximum absolute atomic E-state index is 11.9. The maximum atomic E-state index is 11.9. The lowest BCUT2D eigenvalue weighted by Gasteiger charge is -2.24. The van der Waals surface area contributed by atoms with E-state index in [-0.39, 0.29) is 5.91 Å². The van der Waals surface area contributed by atoms with E-state index in [4.69, 9.17) is 0 Å². The van der Waals surface area contributed by atoms with Gasteiger partial charge in [0.05, 0.1) is 6.54 Å². The molecule has 1 heterocycles. The largest absolute Gasteiger partial charge is 0.362 e. The number of carbonyl (C=O) groups excluding carboxylic acids is 1. The van der Waals surface area contributed by atoms with Crippen LogP contribution in [-0.2, 0) is 11.2 Å². The number of anilines is 1. The average Bonchev–Trinajstić information content (AvgIpc) is 2.52. The van der Waals surface area contributed by atoms with E-state index < -0.39 is 0 Å². The molecular weight excluding hydrogens is 212 g/mol. The van der Waals surface area contributed by atoms with Crippen molar-refractivity contribution >= 4 is 11.6 Å². The van der Waals surface area contributed by atoms with E-state index in [0.29, 0.717) is 6.54 Å². The molecule has 1 aromatic rings. The first-order valence-corrected chi connectivity index (χ1v) is 6.29. The molecule has 0 spiro atoms. The fraction of sp³-hybridized carbons (Fsp3) is 0.500. The zero-order valence-electron chi connectivity index (χ0n) is 10.6. The summed E-state index contributed by atoms with van der Waals surface area (Å²) in [5.74, 6) is 0.216. The number of aryl methyl sites for hydroxylation is 1. The van der Waals surface area contributed by atoms with Crippen LogP contribution in [0.5, 0.6) is 0 Å². The van der Waals surface area contributed by atoms with Gasteiger partial charge in [-0.15, -0.1) is 0 Å². The Hall–Kier alpha value is -1.51. The van der Waals surface area contributed by atoms with E-state index in [1.54, 1.807) is 0 Å². The quantitative estimate of drug-likeness (QED) is 0.777. The molecule has 0 aliphatic carbocycles. The molecule has 1 aliphatic rings. The van der Waals surface area contributed by atoms with Crippen LogP contribution in [0.25, 0.3) is 0 Å². The van der Waals surface area contributed by atoms with E-state index in [1.807, 2.05) is 18.0 Å². The minimum Gasteiger partial charge on any atom is -0.362 e. The molecule has 92 valence electrons. The highest BCUT2D eigenvalue weighted by molar-refractivity contribution is 5.82. The first-order chi connectivity index (χ1) is 8.22. The van der Waals surface area contributed by atoms with Crippen molar-refractivity contribution < 1.29 is 4.79 Å². The summed E-state index contributed by atoms with van der Waals surface area (Å²) in [4.78, 5) is 15.9. The van der Waals surface area contributed by atoms with Gasteiger partial charge in [0.2, 0.25) is 5.91 Å². The first-order valence-electron chi connectivity index (χ1n) is 6.29. The predicted octanol–water partition coefficient (Wildman–Crippen LogP) is 1.92. The van der Waals surface area contributed by atoms with Gasteiger partial charge < -0.3 is 9.80 Å². The van der Waals surface area contributed by atoms with Crippen molar-refractivity contribution in [3.05, 3.63) is 29.8 Å². The van der Waals surface area contributed by atoms with E-state index in [0.717, 1.165) is 25.9 Å². The van der Waals surface area contributed by atoms with Crippen molar-refractivity contribution in [1.29, 1.82) is 0 Å². The first kappa shape index (κ1) is 12.0. The molecule has 1 aromatic carbocycles. The van der Waals surface area contributed by atoms with Crippen LogP contribution in [0.3, 0.4) is 0 Å². The zero-order chi connectivity index (χ0) is 12.3. The molecule has 2 rings (SSSR count). The third kappa shape index (κ3) is 2.60. The third-order valence-electron chi connectivity index (χ3n) is 3.39. The molecule has 0 unspecified atom stereocenters. The standard InChI is InChI=1S/C14H20N2O/c1-3-12-7-4-5-8-13(12)16-10-6-9-15(2)14(17)11-16/h4-5,7-8H,3,6,9-11H2,1-2H3. The molecule has 0 atom stereocenters. The number of carbonyl (C=O) groups is 1. The predicted molar refractivity (Wildman–Crippen MR) is 70.3 cm³/mol. The van der Waals surface area contributed by atoms with Crippen LogP contribution in [0.1, 0.15) is 18.9 Å². The van der Waals surface area contributed by atoms with Crippen molar-refractivity contribution in [1.82, 2.24) is 4.90 Å². The Morgan fingerprint density at radius 2 is 2.00 bits per heavy atom. The second-order valence-corrected chi connectivity index (χ2v) is 4.57. The van der Waals surface area contributed by atoms with Gasteiger partial charge in [-0.2, -0.15) is 0 Å². The molecule has 1 amide bonds. The lowest BCUT2D eigenvalue weighted by atomic mass is 10.1. The number of hydrogen-bond acceptors (Lipinski definition) is 2. The van der Waals surface area contributed by atoms with Crippen LogP contribution < -0.4 is 4.90 Å². The van der Waals surface area contributed by atoms with Gasteiger partial charge in [-0.3, -0.25) is 4.79 Å². The molecule has 0 radical (unpaired) electrons. The van der Waals surface area contributed by atoms with Crippen LogP contribution in [0.15, 0.2) is 24.3 Å². The van der Waals surface area contributed by atoms with Gasteiger partial charge in [-0.1, -0.05) is 25.1 Å². The summed E-state index contributed by atoms with van der Waals surface area (Å²) in [6, 6.07) is 8.38. The third-order valence-corrected chi connectivity index (χ3v) is 3.39. The zero-order valence-corrected chi connectivity index (χ0v) is 10.6. The monoisotopic (exact) mass is 232 g/mol. The molecular formula is C14H20N2O. The number of nitrogens with zero attached hydrogens (tertiary/aromatic N) is 2. The molecule has 0 N–H and O–H groups in total. The lowest BCUT2D eigenvalue weighted by molar-refractivity contribution is -0.127. The highest BCUT2D eigenvalue weighted by Crippen LogP contribution is 2.22. The number of amides is 1. The molecule has 0 aromatic heterocycles. The molecule has 17 heavy (non-hydrogen) atoms. The van der Waals surface area contributed by atoms with Gasteiger partial charge in [-0.25, -0.2) is 0 Å². The fourth-order valence-corrected chi connectivity index (χ4v) is 2.31. The maximum Gasteiger partial charge on any atom is 0.241 e. The lowest BCUT2D eigenvalue weighted by Crippen LogP contribution is -2.34. The van der Waals surface area contributed by atoms with Crippen molar-refractivity contribution in [2.45, 2.75) is 19.8 Å². The summed E-state index contributed by atoms with van der Waals surface area (Å²) in [7, 11) is 1.89. The topological polar surface area (TPSA) is 23.6 Å². The van der Waals surface area contributed by atoms with E-state index in [9.17, 15) is 4.79 Å². The molecule has 0 saturated carbocycles. The highest BCUT2D eigenvalue weighted by atomic mass is 16.2. The Kier molecular flexibility index (Phi) is 3.67. The van der Waals surface area contributed by atoms with Crippen LogP contribution in [0.2, 0.25) is 0 Å². The summed E-state index contributed by atoms with van der Waals surface area (Å²) >= 11 is 0. The van der Waals surface area contributed by atoms with Gasteiger partial charge in [-0.05, 0) is 24.5 Å². The van der Waals surface area contributed by atoms with Crippen molar-refractivity contribution in [2.75, 3.05) is 31.6 Å². The average molecular weight is 232 g/mol. The molecule has 3 nitrogen and oxygen atoms in total. The minimum atomic E-state index is 0.216. The molecule has 1 aliphatic heterocycles. The van der Waals surface area contributed by atoms with Crippen LogP contribution >= 0.6 is 0 Å². The number of hydrogen-bond donors (Lipinski definition) is 0. The Morgan fingerprint density at radius 3 is 2.76 bits per heavy atom. The number of benzene rings is 1. The minimum absolute atomic E-state index is 0.216. The van der Waals surface area contributed by atoms with Crippen LogP contribution in [0, 0.1) is 0 Å². The normalized spacial score (nSPS) is 17.2. The number of para-hydroxylation sites is 1. The van der Waals surface area contributed by atoms with E-state index >= 15 is 0 Å². The Balaban J connectivity index is 2.23. The number of rotatable bonds is 2. The van der Waals surface area contributed by atoms with Gasteiger partial charge in [0.25, 0.3) is 0 Å². The summed E-state index contributed by atoms with van der Waals surface area (Å²) < 4.78 is 0. The van der Waals surface area contributed by atoms with Crippen molar-refractivity contribution in [3.8, 4) is 0 Å². The smallest absolute Gasteiger partial charge is 0.241 e. The van der Waals surface area contributed by atoms with Gasteiger partial charge >= 0.3 is 0 Å². The van der Waals surface area contributed by atoms with Crippen molar-refractivity contribution in [2.24, 2.45) is 0 Å². The second kappa shape index (κ2) is 5.21. The summed E-state index contributed by atoms with van der Waals surface area (Å²) in [6.45, 7) is 4.49. The van der Waals surface area contributed by atoms with Crippen LogP contribution in [0.4, 0.5) is 5.69 Å². The van der Waals surface area contributed by atoms with Gasteiger partial charge in [0.15, 0.2) is 0 Å². The highest BCUT2D eigenvalue weighted by Gasteiger charge is 2.20. The summed E-state index contributed by atoms with van der Waals surface area (Å²) in [5, 5.41) is 0. The van der Waals surface area contributed by atoms with Crippen molar-refractivity contribution in [3.63, 3.8) is 0 Å². The van der Waals surface area contributed by atoms with Crippen LogP contribution in [-0.4, -0.2) is 37.5 Å². The Morgan fingerprint density at radius 1 is 1.24 bits per heavy atom. The Bertz CT molecular complexity index is 403. The van der Waals surface area contributed by atoms with Gasteiger partial charge in [0, 0.05) is 25.8 Å². The summed E-state index contributed by atoms with van der Waals surface area (Å²) in [6.07, 6.45) is 2.05. The molecule has 1 fully saturated rings. The molecule has 1 saturated heterocycles. The summed E-state index contributed by atoms with van der Waals surface area (Å²) in [5.41, 5.74) is 2.54. The molecule has 0 bridgehead atoms. The van der Waals surface area contributed by atoms with E-state index in [1.165, 1.54) is 11.3 Å². The van der Waals surface area contributed by atoms with Gasteiger partial charge in [0.1, 0.15) is 0 Å².